The number of benzene rings is 1. The van der Waals surface area contributed by atoms with Crippen molar-refractivity contribution < 1.29 is 0 Å². The first kappa shape index (κ1) is 11.1. The molecule has 1 N–H and O–H groups in total. The first-order chi connectivity index (χ1) is 8.38. The summed E-state index contributed by atoms with van der Waals surface area (Å²) in [5, 5.41) is 5.38. The minimum Gasteiger partial charge on any atom is -0.298 e. The lowest BCUT2D eigenvalue weighted by Crippen LogP contribution is -2.24. The summed E-state index contributed by atoms with van der Waals surface area (Å²) in [6.07, 6.45) is 3.12. The number of hydrogen-bond donors (Lipinski definition) is 1. The molecule has 3 heteroatoms. The molecule has 2 heterocycles. The maximum absolute atomic E-state index is 4.42. The van der Waals surface area contributed by atoms with E-state index in [0.29, 0.717) is 11.4 Å². The molecule has 0 saturated carbocycles. The zero-order valence-corrected chi connectivity index (χ0v) is 10.7. The van der Waals surface area contributed by atoms with Gasteiger partial charge in [0.05, 0.1) is 10.9 Å². The number of para-hydroxylation sites is 1. The van der Waals surface area contributed by atoms with Gasteiger partial charge in [0.2, 0.25) is 0 Å². The van der Waals surface area contributed by atoms with Crippen LogP contribution in [0, 0.1) is 0 Å². The van der Waals surface area contributed by atoms with Crippen molar-refractivity contribution in [1.29, 1.82) is 0 Å². The van der Waals surface area contributed by atoms with E-state index in [1.54, 1.807) is 0 Å². The van der Waals surface area contributed by atoms with E-state index in [2.05, 4.69) is 41.5 Å². The van der Waals surface area contributed by atoms with Crippen LogP contribution in [0.2, 0.25) is 0 Å². The van der Waals surface area contributed by atoms with Crippen LogP contribution in [0.1, 0.15) is 24.3 Å². The Labute approximate surface area is 106 Å². The smallest absolute Gasteiger partial charge is 0.0799 e. The molecule has 2 nitrogen and oxygen atoms in total. The third kappa shape index (κ3) is 2.05. The van der Waals surface area contributed by atoms with Gasteiger partial charge in [-0.15, -0.1) is 11.8 Å². The van der Waals surface area contributed by atoms with Crippen molar-refractivity contribution in [2.24, 2.45) is 0 Å². The highest BCUT2D eigenvalue weighted by Crippen LogP contribution is 2.36. The second-order valence-corrected chi connectivity index (χ2v) is 5.54. The molecule has 1 fully saturated rings. The molecule has 1 aliphatic rings. The fraction of sp³-hybridized carbons (Fsp3) is 0.357. The maximum Gasteiger partial charge on any atom is 0.0799 e. The van der Waals surface area contributed by atoms with Crippen molar-refractivity contribution >= 4 is 22.7 Å². The van der Waals surface area contributed by atoms with Gasteiger partial charge >= 0.3 is 0 Å². The molecule has 1 aliphatic heterocycles. The van der Waals surface area contributed by atoms with Gasteiger partial charge in [-0.3, -0.25) is 10.3 Å². The molecule has 2 aromatic rings. The fourth-order valence-corrected chi connectivity index (χ4v) is 3.71. The average Bonchev–Trinajstić information content (AvgIpc) is 2.87. The Bertz CT molecular complexity index is 521. The molecule has 1 saturated heterocycles. The van der Waals surface area contributed by atoms with Gasteiger partial charge in [0, 0.05) is 23.4 Å². The molecule has 3 rings (SSSR count). The standard InChI is InChI=1S/C14H16N2S/c1-2-10-9-17-14(16-10)12-7-8-15-13-6-4-3-5-11(12)13/h3-8,10,14,16H,2,9H2,1H3. The highest BCUT2D eigenvalue weighted by atomic mass is 32.2. The molecule has 88 valence electrons. The Balaban J connectivity index is 2.00. The quantitative estimate of drug-likeness (QED) is 0.877. The number of nitrogens with one attached hydrogen (secondary N) is 1. The lowest BCUT2D eigenvalue weighted by Gasteiger charge is -2.14. The zero-order chi connectivity index (χ0) is 11.7. The van der Waals surface area contributed by atoms with Crippen LogP contribution < -0.4 is 5.32 Å². The predicted octanol–water partition coefficient (Wildman–Crippen LogP) is 3.35. The molecule has 1 aromatic carbocycles. The van der Waals surface area contributed by atoms with Gasteiger partial charge in [0.15, 0.2) is 0 Å². The number of thioether (sulfide) groups is 1. The average molecular weight is 244 g/mol. The van der Waals surface area contributed by atoms with Crippen LogP contribution in [-0.4, -0.2) is 16.8 Å². The first-order valence-corrected chi connectivity index (χ1v) is 7.14. The van der Waals surface area contributed by atoms with Crippen LogP contribution in [0.4, 0.5) is 0 Å². The van der Waals surface area contributed by atoms with Crippen molar-refractivity contribution in [2.75, 3.05) is 5.75 Å². The Morgan fingerprint density at radius 2 is 2.24 bits per heavy atom. The molecule has 0 radical (unpaired) electrons. The maximum atomic E-state index is 4.42. The molecule has 0 bridgehead atoms. The highest BCUT2D eigenvalue weighted by molar-refractivity contribution is 7.99. The second kappa shape index (κ2) is 4.67. The number of pyridine rings is 1. The molecule has 2 unspecified atom stereocenters. The Morgan fingerprint density at radius 3 is 3.06 bits per heavy atom. The van der Waals surface area contributed by atoms with Crippen LogP contribution >= 0.6 is 11.8 Å². The summed E-state index contributed by atoms with van der Waals surface area (Å²) in [5.74, 6) is 1.21. The Hall–Kier alpha value is -1.06. The molecule has 0 aliphatic carbocycles. The van der Waals surface area contributed by atoms with Crippen molar-refractivity contribution in [2.45, 2.75) is 24.8 Å². The lowest BCUT2D eigenvalue weighted by atomic mass is 10.1. The summed E-state index contributed by atoms with van der Waals surface area (Å²) in [7, 11) is 0. The number of hydrogen-bond acceptors (Lipinski definition) is 3. The number of nitrogens with zero attached hydrogens (tertiary/aromatic N) is 1. The second-order valence-electron chi connectivity index (χ2n) is 4.40. The van der Waals surface area contributed by atoms with Gasteiger partial charge in [-0.1, -0.05) is 25.1 Å². The summed E-state index contributed by atoms with van der Waals surface area (Å²) in [5.41, 5.74) is 2.46. The van der Waals surface area contributed by atoms with E-state index in [1.165, 1.54) is 23.1 Å². The normalized spacial score (nSPS) is 24.3. The Morgan fingerprint density at radius 1 is 1.35 bits per heavy atom. The van der Waals surface area contributed by atoms with Gasteiger partial charge in [-0.25, -0.2) is 0 Å². The van der Waals surface area contributed by atoms with Crippen molar-refractivity contribution in [3.05, 3.63) is 42.1 Å². The van der Waals surface area contributed by atoms with Crippen LogP contribution in [-0.2, 0) is 0 Å². The monoisotopic (exact) mass is 244 g/mol. The van der Waals surface area contributed by atoms with Crippen molar-refractivity contribution in [3.63, 3.8) is 0 Å². The van der Waals surface area contributed by atoms with Gasteiger partial charge < -0.3 is 0 Å². The van der Waals surface area contributed by atoms with Crippen LogP contribution in [0.5, 0.6) is 0 Å². The summed E-state index contributed by atoms with van der Waals surface area (Å²) < 4.78 is 0. The van der Waals surface area contributed by atoms with E-state index >= 15 is 0 Å². The van der Waals surface area contributed by atoms with Crippen molar-refractivity contribution in [1.82, 2.24) is 10.3 Å². The van der Waals surface area contributed by atoms with E-state index in [0.717, 1.165) is 5.52 Å². The number of aromatic nitrogens is 1. The highest BCUT2D eigenvalue weighted by Gasteiger charge is 2.25. The molecule has 17 heavy (non-hydrogen) atoms. The number of fused-ring (bicyclic) bond motifs is 1. The largest absolute Gasteiger partial charge is 0.298 e. The van der Waals surface area contributed by atoms with E-state index in [9.17, 15) is 0 Å². The molecule has 2 atom stereocenters. The fourth-order valence-electron chi connectivity index (χ4n) is 2.28. The lowest BCUT2D eigenvalue weighted by molar-refractivity contribution is 0.562. The summed E-state index contributed by atoms with van der Waals surface area (Å²) >= 11 is 2.00. The molecular formula is C14H16N2S. The van der Waals surface area contributed by atoms with Crippen LogP contribution in [0.15, 0.2) is 36.5 Å². The predicted molar refractivity (Wildman–Crippen MR) is 74.2 cm³/mol. The molecule has 0 spiro atoms. The minimum absolute atomic E-state index is 0.424. The molecule has 0 amide bonds. The first-order valence-electron chi connectivity index (χ1n) is 6.10. The van der Waals surface area contributed by atoms with Gasteiger partial charge in [0.1, 0.15) is 0 Å². The van der Waals surface area contributed by atoms with Crippen LogP contribution in [0.3, 0.4) is 0 Å². The Kier molecular flexibility index (Phi) is 3.04. The molecule has 1 aromatic heterocycles. The van der Waals surface area contributed by atoms with Crippen molar-refractivity contribution in [3.8, 4) is 0 Å². The van der Waals surface area contributed by atoms with Gasteiger partial charge in [0.25, 0.3) is 0 Å². The minimum atomic E-state index is 0.424. The summed E-state index contributed by atoms with van der Waals surface area (Å²) in [6.45, 7) is 2.24. The molecular weight excluding hydrogens is 228 g/mol. The van der Waals surface area contributed by atoms with Gasteiger partial charge in [-0.2, -0.15) is 0 Å². The van der Waals surface area contributed by atoms with E-state index in [4.69, 9.17) is 0 Å². The third-order valence-corrected chi connectivity index (χ3v) is 4.63. The summed E-state index contributed by atoms with van der Waals surface area (Å²) in [6, 6.07) is 11.2. The summed E-state index contributed by atoms with van der Waals surface area (Å²) in [4.78, 5) is 4.42. The third-order valence-electron chi connectivity index (χ3n) is 3.31. The van der Waals surface area contributed by atoms with E-state index < -0.39 is 0 Å². The number of rotatable bonds is 2. The van der Waals surface area contributed by atoms with E-state index in [1.807, 2.05) is 24.0 Å². The van der Waals surface area contributed by atoms with E-state index in [-0.39, 0.29) is 0 Å². The van der Waals surface area contributed by atoms with Gasteiger partial charge in [-0.05, 0) is 24.1 Å². The topological polar surface area (TPSA) is 24.9 Å². The van der Waals surface area contributed by atoms with Crippen LogP contribution in [0.25, 0.3) is 10.9 Å². The SMILES string of the molecule is CCC1CSC(c2ccnc3ccccc23)N1. The zero-order valence-electron chi connectivity index (χ0n) is 9.89.